The van der Waals surface area contributed by atoms with Crippen LogP contribution < -0.4 is 20.1 Å². The van der Waals surface area contributed by atoms with Gasteiger partial charge in [-0.05, 0) is 43.3 Å². The number of hydrogen-bond acceptors (Lipinski definition) is 6. The molecule has 0 unspecified atom stereocenters. The summed E-state index contributed by atoms with van der Waals surface area (Å²) in [6.07, 6.45) is -0.647. The van der Waals surface area contributed by atoms with E-state index >= 15 is 0 Å². The molecule has 1 fully saturated rings. The highest BCUT2D eigenvalue weighted by Gasteiger charge is 2.32. The minimum absolute atomic E-state index is 0.0428. The molecule has 2 heterocycles. The first-order valence-corrected chi connectivity index (χ1v) is 12.0. The Balaban J connectivity index is 1.42. The maximum absolute atomic E-state index is 13.1. The number of hydrogen-bond donors (Lipinski definition) is 2. The van der Waals surface area contributed by atoms with Crippen LogP contribution in [0.1, 0.15) is 6.92 Å². The summed E-state index contributed by atoms with van der Waals surface area (Å²) in [5.41, 5.74) is 0.741. The first kappa shape index (κ1) is 23.1. The van der Waals surface area contributed by atoms with Gasteiger partial charge >= 0.3 is 6.03 Å². The van der Waals surface area contributed by atoms with Crippen LogP contribution in [0.3, 0.4) is 0 Å². The third-order valence-corrected chi connectivity index (χ3v) is 7.58. The van der Waals surface area contributed by atoms with E-state index in [0.717, 1.165) is 0 Å². The van der Waals surface area contributed by atoms with Crippen molar-refractivity contribution in [1.29, 1.82) is 0 Å². The predicted molar refractivity (Wildman–Crippen MR) is 123 cm³/mol. The summed E-state index contributed by atoms with van der Waals surface area (Å²) in [6, 6.07) is 8.86. The van der Waals surface area contributed by atoms with Crippen molar-refractivity contribution in [1.82, 2.24) is 9.21 Å². The Kier molecular flexibility index (Phi) is 6.37. The van der Waals surface area contributed by atoms with Gasteiger partial charge in [0.25, 0.3) is 5.91 Å². The number of carbonyl (C=O) groups excluding carboxylic acids is 2. The first-order valence-electron chi connectivity index (χ1n) is 10.2. The zero-order chi connectivity index (χ0) is 23.8. The summed E-state index contributed by atoms with van der Waals surface area (Å²) in [7, 11) is -2.33. The van der Waals surface area contributed by atoms with Gasteiger partial charge in [0.1, 0.15) is 11.5 Å². The summed E-state index contributed by atoms with van der Waals surface area (Å²) in [5, 5.41) is 5.86. The SMILES string of the molecule is COc1ccc(Cl)cc1NC(=O)N1CCN(S(=O)(=O)c2ccc3c(c2)NC(=O)[C@H](C)O3)CC1. The molecule has 2 N–H and O–H groups in total. The minimum atomic E-state index is -3.82. The molecule has 1 saturated heterocycles. The van der Waals surface area contributed by atoms with Gasteiger partial charge in [0.15, 0.2) is 6.10 Å². The monoisotopic (exact) mass is 494 g/mol. The average molecular weight is 495 g/mol. The third-order valence-electron chi connectivity index (χ3n) is 5.45. The summed E-state index contributed by atoms with van der Waals surface area (Å²) in [5.74, 6) is 0.541. The van der Waals surface area contributed by atoms with Gasteiger partial charge in [0.05, 0.1) is 23.4 Å². The van der Waals surface area contributed by atoms with E-state index in [2.05, 4.69) is 10.6 Å². The van der Waals surface area contributed by atoms with E-state index < -0.39 is 16.1 Å². The van der Waals surface area contributed by atoms with E-state index in [1.54, 1.807) is 25.1 Å². The number of nitrogens with one attached hydrogen (secondary N) is 2. The molecule has 0 spiro atoms. The average Bonchev–Trinajstić information content (AvgIpc) is 2.79. The molecule has 4 rings (SSSR count). The smallest absolute Gasteiger partial charge is 0.322 e. The topological polar surface area (TPSA) is 117 Å². The molecular weight excluding hydrogens is 472 g/mol. The second-order valence-electron chi connectivity index (χ2n) is 7.57. The van der Waals surface area contributed by atoms with E-state index in [1.807, 2.05) is 0 Å². The number of nitrogens with zero attached hydrogens (tertiary/aromatic N) is 2. The van der Waals surface area contributed by atoms with Gasteiger partial charge in [0, 0.05) is 31.2 Å². The molecule has 0 saturated carbocycles. The zero-order valence-corrected chi connectivity index (χ0v) is 19.6. The van der Waals surface area contributed by atoms with Gasteiger partial charge in [-0.2, -0.15) is 4.31 Å². The number of urea groups is 1. The highest BCUT2D eigenvalue weighted by molar-refractivity contribution is 7.89. The second-order valence-corrected chi connectivity index (χ2v) is 9.95. The van der Waals surface area contributed by atoms with Crippen LogP contribution in [0.25, 0.3) is 0 Å². The van der Waals surface area contributed by atoms with Crippen molar-refractivity contribution in [3.63, 3.8) is 0 Å². The molecule has 12 heteroatoms. The Labute approximate surface area is 196 Å². The largest absolute Gasteiger partial charge is 0.495 e. The number of carbonyl (C=O) groups is 2. The second kappa shape index (κ2) is 9.08. The lowest BCUT2D eigenvalue weighted by molar-refractivity contribution is -0.122. The van der Waals surface area contributed by atoms with Crippen LogP contribution >= 0.6 is 11.6 Å². The number of ether oxygens (including phenoxy) is 2. The van der Waals surface area contributed by atoms with E-state index in [9.17, 15) is 18.0 Å². The summed E-state index contributed by atoms with van der Waals surface area (Å²) in [4.78, 5) is 26.1. The number of anilines is 2. The number of sulfonamides is 1. The molecule has 2 aromatic carbocycles. The Hall–Kier alpha value is -3.02. The number of methoxy groups -OCH3 is 1. The fraction of sp³-hybridized carbons (Fsp3) is 0.333. The number of halogens is 1. The molecule has 0 aromatic heterocycles. The van der Waals surface area contributed by atoms with Crippen molar-refractivity contribution in [2.45, 2.75) is 17.9 Å². The standard InChI is InChI=1S/C21H23ClN4O6S/c1-13-20(27)23-17-12-15(4-6-19(17)32-13)33(29,30)26-9-7-25(8-10-26)21(28)24-16-11-14(22)3-5-18(16)31-2/h3-6,11-13H,7-10H2,1-2H3,(H,23,27)(H,24,28)/t13-/m0/s1. The highest BCUT2D eigenvalue weighted by Crippen LogP contribution is 2.33. The zero-order valence-electron chi connectivity index (χ0n) is 18.0. The lowest BCUT2D eigenvalue weighted by atomic mass is 10.2. The molecule has 10 nitrogen and oxygen atoms in total. The van der Waals surface area contributed by atoms with Crippen LogP contribution in [0.2, 0.25) is 5.02 Å². The molecule has 0 bridgehead atoms. The van der Waals surface area contributed by atoms with Gasteiger partial charge in [-0.1, -0.05) is 11.6 Å². The normalized spacial score (nSPS) is 18.7. The summed E-state index contributed by atoms with van der Waals surface area (Å²) >= 11 is 6.01. The van der Waals surface area contributed by atoms with Crippen LogP contribution in [0, 0.1) is 0 Å². The van der Waals surface area contributed by atoms with E-state index in [-0.39, 0.29) is 43.0 Å². The van der Waals surface area contributed by atoms with Crippen LogP contribution in [0.5, 0.6) is 11.5 Å². The van der Waals surface area contributed by atoms with Crippen LogP contribution in [0.4, 0.5) is 16.2 Å². The van der Waals surface area contributed by atoms with Crippen molar-refractivity contribution < 1.29 is 27.5 Å². The highest BCUT2D eigenvalue weighted by atomic mass is 35.5. The maximum Gasteiger partial charge on any atom is 0.322 e. The van der Waals surface area contributed by atoms with Crippen molar-refractivity contribution >= 4 is 44.9 Å². The number of amides is 3. The molecule has 33 heavy (non-hydrogen) atoms. The van der Waals surface area contributed by atoms with Crippen LogP contribution in [0.15, 0.2) is 41.3 Å². The molecular formula is C21H23ClN4O6S. The van der Waals surface area contributed by atoms with Gasteiger partial charge < -0.3 is 25.0 Å². The summed E-state index contributed by atoms with van der Waals surface area (Å²) < 4.78 is 38.3. The fourth-order valence-corrected chi connectivity index (χ4v) is 5.22. The quantitative estimate of drug-likeness (QED) is 0.674. The van der Waals surface area contributed by atoms with Gasteiger partial charge in [-0.15, -0.1) is 0 Å². The maximum atomic E-state index is 13.1. The van der Waals surface area contributed by atoms with Crippen molar-refractivity contribution in [3.05, 3.63) is 41.4 Å². The first-order chi connectivity index (χ1) is 15.7. The van der Waals surface area contributed by atoms with Crippen LogP contribution in [-0.4, -0.2) is 69.0 Å². The number of benzene rings is 2. The van der Waals surface area contributed by atoms with E-state index in [1.165, 1.54) is 34.5 Å². The molecule has 3 amide bonds. The van der Waals surface area contributed by atoms with Gasteiger partial charge in [0.2, 0.25) is 10.0 Å². The van der Waals surface area contributed by atoms with Gasteiger partial charge in [-0.25, -0.2) is 13.2 Å². The number of piperazine rings is 1. The third kappa shape index (κ3) is 4.70. The Morgan fingerprint density at radius 2 is 1.91 bits per heavy atom. The van der Waals surface area contributed by atoms with Gasteiger partial charge in [-0.3, -0.25) is 4.79 Å². The molecule has 1 atom stereocenters. The molecule has 2 aliphatic rings. The Morgan fingerprint density at radius 1 is 1.18 bits per heavy atom. The fourth-order valence-electron chi connectivity index (χ4n) is 3.60. The Bertz CT molecular complexity index is 1200. The number of fused-ring (bicyclic) bond motifs is 1. The van der Waals surface area contributed by atoms with Crippen molar-refractivity contribution in [2.24, 2.45) is 0 Å². The molecule has 0 radical (unpaired) electrons. The predicted octanol–water partition coefficient (Wildman–Crippen LogP) is 2.61. The molecule has 2 aromatic rings. The lowest BCUT2D eigenvalue weighted by Crippen LogP contribution is -2.51. The van der Waals surface area contributed by atoms with E-state index in [0.29, 0.717) is 27.9 Å². The van der Waals surface area contributed by atoms with Crippen LogP contribution in [-0.2, 0) is 14.8 Å². The minimum Gasteiger partial charge on any atom is -0.495 e. The molecule has 176 valence electrons. The molecule has 0 aliphatic carbocycles. The van der Waals surface area contributed by atoms with Crippen molar-refractivity contribution in [2.75, 3.05) is 43.9 Å². The van der Waals surface area contributed by atoms with Crippen molar-refractivity contribution in [3.8, 4) is 11.5 Å². The Morgan fingerprint density at radius 3 is 2.61 bits per heavy atom. The summed E-state index contributed by atoms with van der Waals surface area (Å²) in [6.45, 7) is 2.27. The lowest BCUT2D eigenvalue weighted by Gasteiger charge is -2.34. The van der Waals surface area contributed by atoms with E-state index in [4.69, 9.17) is 21.1 Å². The number of rotatable bonds is 4. The molecule has 2 aliphatic heterocycles.